The molecule has 0 radical (unpaired) electrons. The molecule has 0 aliphatic carbocycles. The predicted octanol–water partition coefficient (Wildman–Crippen LogP) is 16.2. The Morgan fingerprint density at radius 1 is 0.370 bits per heavy atom. The summed E-state index contributed by atoms with van der Waals surface area (Å²) in [5.74, 6) is 0.449. The first-order valence-corrected chi connectivity index (χ1v) is 26.7. The van der Waals surface area contributed by atoms with Gasteiger partial charge in [-0.15, -0.1) is 0 Å². The van der Waals surface area contributed by atoms with Crippen molar-refractivity contribution in [3.63, 3.8) is 0 Å². The molecule has 0 atom stereocenters. The summed E-state index contributed by atoms with van der Waals surface area (Å²) in [6.07, 6.45) is 48.8. The van der Waals surface area contributed by atoms with E-state index in [-0.39, 0.29) is 11.9 Å². The van der Waals surface area contributed by atoms with E-state index in [0.717, 1.165) is 50.7 Å². The van der Waals surface area contributed by atoms with Crippen LogP contribution in [0.2, 0.25) is 6.04 Å². The van der Waals surface area contributed by atoms with Gasteiger partial charge in [-0.05, 0) is 31.4 Å². The van der Waals surface area contributed by atoms with Crippen LogP contribution in [-0.2, 0) is 22.9 Å². The molecule has 0 aromatic carbocycles. The Labute approximate surface area is 344 Å². The quantitative estimate of drug-likeness (QED) is 0.0378. The molecule has 0 aromatic heterocycles. The lowest BCUT2D eigenvalue weighted by Gasteiger charge is -2.27. The minimum atomic E-state index is -3.41. The molecule has 0 rings (SSSR count). The summed E-state index contributed by atoms with van der Waals surface area (Å²) < 4.78 is 17.9. The second-order valence-corrected chi connectivity index (χ2v) is 19.7. The van der Waals surface area contributed by atoms with Crippen molar-refractivity contribution < 1.29 is 22.9 Å². The fourth-order valence-electron chi connectivity index (χ4n) is 7.55. The fourth-order valence-corrected chi connectivity index (χ4v) is 9.97. The smallest absolute Gasteiger partial charge is 0.464 e. The second-order valence-electron chi connectivity index (χ2n) is 16.5. The van der Waals surface area contributed by atoms with Gasteiger partial charge in [0.05, 0.1) is 0 Å². The normalized spacial score (nSPS) is 11.7. The van der Waals surface area contributed by atoms with E-state index in [1.165, 1.54) is 199 Å². The van der Waals surface area contributed by atoms with Gasteiger partial charge >= 0.3 is 8.80 Å². The van der Waals surface area contributed by atoms with E-state index < -0.39 is 8.80 Å². The van der Waals surface area contributed by atoms with Gasteiger partial charge in [0.2, 0.25) is 0 Å². The van der Waals surface area contributed by atoms with Crippen LogP contribution < -0.4 is 0 Å². The third-order valence-corrected chi connectivity index (χ3v) is 14.2. The SMILES string of the molecule is CCCCCCCCCCCCCCCCCC(=O)O[Si](CCCCCCCCCCS)(OC)OC(=O)CCCCCCCCCCCCCCCCC. The Morgan fingerprint density at radius 3 is 0.870 bits per heavy atom. The van der Waals surface area contributed by atoms with Crippen molar-refractivity contribution in [3.8, 4) is 0 Å². The lowest BCUT2D eigenvalue weighted by Crippen LogP contribution is -2.48. The Kier molecular flexibility index (Phi) is 43.2. The number of hydrogen-bond donors (Lipinski definition) is 1. The molecule has 0 amide bonds. The first kappa shape index (κ1) is 53.5. The van der Waals surface area contributed by atoms with Crippen molar-refractivity contribution in [1.82, 2.24) is 0 Å². The van der Waals surface area contributed by atoms with Crippen LogP contribution in [0.3, 0.4) is 0 Å². The zero-order valence-corrected chi connectivity index (χ0v) is 38.6. The molecular formula is C47H94O5SSi. The maximum atomic E-state index is 13.0. The van der Waals surface area contributed by atoms with Crippen LogP contribution >= 0.6 is 12.6 Å². The van der Waals surface area contributed by atoms with E-state index in [2.05, 4.69) is 26.5 Å². The molecule has 0 saturated heterocycles. The molecule has 0 aliphatic rings. The summed E-state index contributed by atoms with van der Waals surface area (Å²) in [7, 11) is -1.84. The van der Waals surface area contributed by atoms with Crippen molar-refractivity contribution in [1.29, 1.82) is 0 Å². The van der Waals surface area contributed by atoms with E-state index >= 15 is 0 Å². The van der Waals surface area contributed by atoms with Gasteiger partial charge in [-0.3, -0.25) is 9.59 Å². The maximum Gasteiger partial charge on any atom is 0.635 e. The average Bonchev–Trinajstić information content (AvgIpc) is 3.17. The zero-order chi connectivity index (χ0) is 39.5. The zero-order valence-electron chi connectivity index (χ0n) is 36.7. The number of thiol groups is 1. The van der Waals surface area contributed by atoms with Crippen LogP contribution in [0.15, 0.2) is 0 Å². The van der Waals surface area contributed by atoms with Crippen LogP contribution in [0.5, 0.6) is 0 Å². The molecule has 0 aromatic rings. The Balaban J connectivity index is 4.36. The van der Waals surface area contributed by atoms with Gasteiger partial charge in [0.25, 0.3) is 11.9 Å². The molecule has 0 fully saturated rings. The average molecular weight is 799 g/mol. The highest BCUT2D eigenvalue weighted by atomic mass is 32.1. The van der Waals surface area contributed by atoms with Crippen molar-refractivity contribution in [2.75, 3.05) is 12.9 Å². The monoisotopic (exact) mass is 799 g/mol. The summed E-state index contributed by atoms with van der Waals surface area (Å²) in [4.78, 5) is 26.1. The van der Waals surface area contributed by atoms with Crippen molar-refractivity contribution >= 4 is 33.4 Å². The molecule has 5 nitrogen and oxygen atoms in total. The molecular weight excluding hydrogens is 705 g/mol. The summed E-state index contributed by atoms with van der Waals surface area (Å²) in [5, 5.41) is 0. The first-order chi connectivity index (χ1) is 26.5. The molecule has 0 bridgehead atoms. The van der Waals surface area contributed by atoms with Gasteiger partial charge < -0.3 is 13.3 Å². The van der Waals surface area contributed by atoms with Crippen molar-refractivity contribution in [3.05, 3.63) is 0 Å². The molecule has 0 N–H and O–H groups in total. The molecule has 54 heavy (non-hydrogen) atoms. The highest BCUT2D eigenvalue weighted by molar-refractivity contribution is 7.80. The van der Waals surface area contributed by atoms with Crippen molar-refractivity contribution in [2.45, 2.75) is 277 Å². The fraction of sp³-hybridized carbons (Fsp3) is 0.957. The standard InChI is InChI=1S/C47H94O5SSi/c1-4-6-8-10-12-14-16-18-20-22-24-26-30-34-38-42-46(48)51-54(50-3,45-41-37-33-29-28-32-36-40-44-53)52-47(49)43-39-35-31-27-25-23-21-19-17-15-13-11-9-7-5-2/h53H,4-45H2,1-3H3. The highest BCUT2D eigenvalue weighted by Gasteiger charge is 2.47. The second kappa shape index (κ2) is 43.6. The molecule has 7 heteroatoms. The predicted molar refractivity (Wildman–Crippen MR) is 240 cm³/mol. The number of carbonyl (C=O) groups is 2. The van der Waals surface area contributed by atoms with Gasteiger partial charge in [0, 0.05) is 26.0 Å². The van der Waals surface area contributed by atoms with E-state index in [1.54, 1.807) is 7.11 Å². The Morgan fingerprint density at radius 2 is 0.611 bits per heavy atom. The van der Waals surface area contributed by atoms with E-state index in [9.17, 15) is 9.59 Å². The molecule has 0 aliphatic heterocycles. The number of unbranched alkanes of at least 4 members (excludes halogenated alkanes) is 35. The Hall–Kier alpha value is -0.533. The molecule has 0 spiro atoms. The largest absolute Gasteiger partial charge is 0.635 e. The van der Waals surface area contributed by atoms with E-state index in [4.69, 9.17) is 13.3 Å². The van der Waals surface area contributed by atoms with E-state index in [0.29, 0.717) is 18.9 Å². The van der Waals surface area contributed by atoms with Crippen LogP contribution in [0, 0.1) is 0 Å². The lowest BCUT2D eigenvalue weighted by atomic mass is 10.0. The topological polar surface area (TPSA) is 61.8 Å². The molecule has 322 valence electrons. The Bertz CT molecular complexity index is 733. The first-order valence-electron chi connectivity index (χ1n) is 24.1. The van der Waals surface area contributed by atoms with E-state index in [1.807, 2.05) is 0 Å². The third-order valence-electron chi connectivity index (χ3n) is 11.2. The summed E-state index contributed by atoms with van der Waals surface area (Å²) in [5.41, 5.74) is 0. The summed E-state index contributed by atoms with van der Waals surface area (Å²) >= 11 is 4.31. The summed E-state index contributed by atoms with van der Waals surface area (Å²) in [6, 6.07) is 0.526. The maximum absolute atomic E-state index is 13.0. The van der Waals surface area contributed by atoms with Gasteiger partial charge in [0.15, 0.2) is 0 Å². The number of carbonyl (C=O) groups excluding carboxylic acids is 2. The van der Waals surface area contributed by atoms with Crippen LogP contribution in [0.4, 0.5) is 0 Å². The minimum absolute atomic E-state index is 0.262. The lowest BCUT2D eigenvalue weighted by molar-refractivity contribution is -0.145. The summed E-state index contributed by atoms with van der Waals surface area (Å²) in [6.45, 7) is 4.56. The number of hydrogen-bond acceptors (Lipinski definition) is 6. The van der Waals surface area contributed by atoms with Crippen LogP contribution in [0.25, 0.3) is 0 Å². The van der Waals surface area contributed by atoms with Gasteiger partial charge in [-0.1, -0.05) is 232 Å². The van der Waals surface area contributed by atoms with Gasteiger partial charge in [-0.2, -0.15) is 12.6 Å². The van der Waals surface area contributed by atoms with Crippen molar-refractivity contribution in [2.24, 2.45) is 0 Å². The highest BCUT2D eigenvalue weighted by Crippen LogP contribution is 2.23. The molecule has 0 saturated carbocycles. The third kappa shape index (κ3) is 38.3. The number of rotatable bonds is 45. The molecule has 0 unspecified atom stereocenters. The van der Waals surface area contributed by atoms with Gasteiger partial charge in [0.1, 0.15) is 0 Å². The van der Waals surface area contributed by atoms with Gasteiger partial charge in [-0.25, -0.2) is 0 Å². The van der Waals surface area contributed by atoms with Crippen LogP contribution in [0.1, 0.15) is 271 Å². The van der Waals surface area contributed by atoms with Crippen LogP contribution in [-0.4, -0.2) is 33.6 Å². The minimum Gasteiger partial charge on any atom is -0.464 e. The molecule has 0 heterocycles.